The van der Waals surface area contributed by atoms with Crippen LogP contribution in [0.1, 0.15) is 0 Å². The summed E-state index contributed by atoms with van der Waals surface area (Å²) < 4.78 is 29.0. The molecule has 0 amide bonds. The molecule has 0 atom stereocenters. The number of nitrogens with zero attached hydrogens (tertiary/aromatic N) is 2. The summed E-state index contributed by atoms with van der Waals surface area (Å²) in [6.07, 6.45) is 3.59. The number of nitrogen functional groups attached to an aromatic ring is 1. The van der Waals surface area contributed by atoms with Gasteiger partial charge in [0.1, 0.15) is 0 Å². The summed E-state index contributed by atoms with van der Waals surface area (Å²) in [5, 5.41) is 1.72. The number of hydrogen-bond donors (Lipinski definition) is 2. The maximum Gasteiger partial charge on any atom is 0.281 e. The van der Waals surface area contributed by atoms with Gasteiger partial charge in [-0.25, -0.2) is 4.98 Å². The van der Waals surface area contributed by atoms with E-state index in [1.807, 2.05) is 18.4 Å². The molecule has 3 N–H and O–H groups in total. The van der Waals surface area contributed by atoms with E-state index in [2.05, 4.69) is 9.71 Å². The molecular formula is C12H12N4O2S3. The predicted molar refractivity (Wildman–Crippen MR) is 86.5 cm³/mol. The van der Waals surface area contributed by atoms with E-state index < -0.39 is 10.0 Å². The second-order valence-electron chi connectivity index (χ2n) is 4.19. The van der Waals surface area contributed by atoms with Gasteiger partial charge in [0.25, 0.3) is 10.0 Å². The van der Waals surface area contributed by atoms with Crippen LogP contribution in [-0.4, -0.2) is 24.1 Å². The first-order chi connectivity index (χ1) is 10.0. The van der Waals surface area contributed by atoms with Gasteiger partial charge in [0.15, 0.2) is 10.8 Å². The molecule has 6 nitrogen and oxygen atoms in total. The fourth-order valence-electron chi connectivity index (χ4n) is 1.91. The topological polar surface area (TPSA) is 89.5 Å². The number of thioether (sulfide) groups is 1. The van der Waals surface area contributed by atoms with Crippen molar-refractivity contribution in [3.05, 3.63) is 35.8 Å². The summed E-state index contributed by atoms with van der Waals surface area (Å²) in [5.74, 6) is -0.00455. The Hall–Kier alpha value is -1.71. The second-order valence-corrected chi connectivity index (χ2v) is 7.54. The summed E-state index contributed by atoms with van der Waals surface area (Å²) in [6.45, 7) is 0. The molecule has 0 saturated carbocycles. The third kappa shape index (κ3) is 2.59. The highest BCUT2D eigenvalue weighted by Gasteiger charge is 2.24. The van der Waals surface area contributed by atoms with Crippen LogP contribution in [0.5, 0.6) is 0 Å². The zero-order valence-electron chi connectivity index (χ0n) is 11.0. The van der Waals surface area contributed by atoms with E-state index in [0.717, 1.165) is 4.90 Å². The Morgan fingerprint density at radius 1 is 1.33 bits per heavy atom. The SMILES string of the molecule is CSc1ccc(NS(=O)(=O)c2c(N)nc3sccn23)cc1. The van der Waals surface area contributed by atoms with E-state index in [1.165, 1.54) is 15.7 Å². The van der Waals surface area contributed by atoms with Crippen LogP contribution < -0.4 is 10.5 Å². The van der Waals surface area contributed by atoms with Crippen LogP contribution in [0, 0.1) is 0 Å². The Morgan fingerprint density at radius 3 is 2.71 bits per heavy atom. The van der Waals surface area contributed by atoms with Gasteiger partial charge in [0, 0.05) is 22.2 Å². The van der Waals surface area contributed by atoms with Crippen LogP contribution >= 0.6 is 23.1 Å². The maximum atomic E-state index is 12.5. The van der Waals surface area contributed by atoms with E-state index in [-0.39, 0.29) is 10.8 Å². The molecule has 0 unspecified atom stereocenters. The van der Waals surface area contributed by atoms with E-state index in [0.29, 0.717) is 10.6 Å². The zero-order chi connectivity index (χ0) is 15.0. The monoisotopic (exact) mass is 340 g/mol. The molecule has 0 bridgehead atoms. The average Bonchev–Trinajstić information content (AvgIpc) is 2.98. The molecule has 1 aromatic carbocycles. The molecule has 2 aromatic heterocycles. The molecule has 9 heteroatoms. The second kappa shape index (κ2) is 5.24. The molecule has 0 saturated heterocycles. The normalized spacial score (nSPS) is 11.9. The molecule has 0 fully saturated rings. The quantitative estimate of drug-likeness (QED) is 0.712. The molecule has 0 radical (unpaired) electrons. The number of sulfonamides is 1. The predicted octanol–water partition coefficient (Wildman–Crippen LogP) is 2.50. The van der Waals surface area contributed by atoms with E-state index >= 15 is 0 Å². The molecule has 110 valence electrons. The molecule has 21 heavy (non-hydrogen) atoms. The van der Waals surface area contributed by atoms with Crippen molar-refractivity contribution < 1.29 is 8.42 Å². The number of hydrogen-bond acceptors (Lipinski definition) is 6. The Morgan fingerprint density at radius 2 is 2.05 bits per heavy atom. The number of imidazole rings is 1. The summed E-state index contributed by atoms with van der Waals surface area (Å²) >= 11 is 2.92. The number of benzene rings is 1. The molecule has 3 rings (SSSR count). The minimum Gasteiger partial charge on any atom is -0.381 e. The molecule has 0 aliphatic heterocycles. The van der Waals surface area contributed by atoms with Crippen molar-refractivity contribution in [1.29, 1.82) is 0 Å². The molecule has 0 aliphatic rings. The van der Waals surface area contributed by atoms with Gasteiger partial charge in [0.05, 0.1) is 0 Å². The van der Waals surface area contributed by atoms with Gasteiger partial charge >= 0.3 is 0 Å². The van der Waals surface area contributed by atoms with Crippen LogP contribution in [-0.2, 0) is 10.0 Å². The lowest BCUT2D eigenvalue weighted by Crippen LogP contribution is -2.16. The summed E-state index contributed by atoms with van der Waals surface area (Å²) in [5.41, 5.74) is 6.22. The van der Waals surface area contributed by atoms with E-state index in [1.54, 1.807) is 35.5 Å². The highest BCUT2D eigenvalue weighted by Crippen LogP contribution is 2.26. The van der Waals surface area contributed by atoms with Crippen molar-refractivity contribution in [1.82, 2.24) is 9.38 Å². The summed E-state index contributed by atoms with van der Waals surface area (Å²) in [7, 11) is -3.79. The van der Waals surface area contributed by atoms with Crippen LogP contribution in [0.15, 0.2) is 45.8 Å². The first-order valence-corrected chi connectivity index (χ1v) is 9.48. The van der Waals surface area contributed by atoms with Crippen molar-refractivity contribution in [2.75, 3.05) is 16.7 Å². The third-order valence-electron chi connectivity index (χ3n) is 2.84. The summed E-state index contributed by atoms with van der Waals surface area (Å²) in [4.78, 5) is 5.65. The third-order valence-corrected chi connectivity index (χ3v) is 5.76. The number of anilines is 2. The highest BCUT2D eigenvalue weighted by molar-refractivity contribution is 7.98. The van der Waals surface area contributed by atoms with Gasteiger partial charge in [-0.2, -0.15) is 8.42 Å². The lowest BCUT2D eigenvalue weighted by molar-refractivity contribution is 0.597. The molecule has 0 aliphatic carbocycles. The Labute approximate surface area is 130 Å². The fraction of sp³-hybridized carbons (Fsp3) is 0.0833. The van der Waals surface area contributed by atoms with Crippen molar-refractivity contribution >= 4 is 49.6 Å². The molecule has 0 spiro atoms. The lowest BCUT2D eigenvalue weighted by Gasteiger charge is -2.08. The fourth-order valence-corrected chi connectivity index (χ4v) is 4.37. The van der Waals surface area contributed by atoms with Crippen LogP contribution in [0.4, 0.5) is 11.5 Å². The van der Waals surface area contributed by atoms with Crippen molar-refractivity contribution in [2.24, 2.45) is 0 Å². The van der Waals surface area contributed by atoms with Gasteiger partial charge < -0.3 is 5.73 Å². The molecule has 2 heterocycles. The minimum atomic E-state index is -3.79. The van der Waals surface area contributed by atoms with E-state index in [4.69, 9.17) is 5.73 Å². The number of rotatable bonds is 4. The largest absolute Gasteiger partial charge is 0.381 e. The van der Waals surface area contributed by atoms with Gasteiger partial charge in [-0.3, -0.25) is 9.12 Å². The minimum absolute atomic E-state index is 0.00455. The van der Waals surface area contributed by atoms with Crippen molar-refractivity contribution in [2.45, 2.75) is 9.92 Å². The Balaban J connectivity index is 1.99. The number of nitrogens with one attached hydrogen (secondary N) is 1. The lowest BCUT2D eigenvalue weighted by atomic mass is 10.3. The number of fused-ring (bicyclic) bond motifs is 1. The average molecular weight is 340 g/mol. The number of aromatic nitrogens is 2. The van der Waals surface area contributed by atoms with Gasteiger partial charge in [-0.1, -0.05) is 0 Å². The zero-order valence-corrected chi connectivity index (χ0v) is 13.4. The standard InChI is InChI=1S/C12H12N4O2S3/c1-19-9-4-2-8(3-5-9)15-21(17,18)11-10(13)14-12-16(11)6-7-20-12/h2-7,15H,13H2,1H3. The number of thiazole rings is 1. The van der Waals surface area contributed by atoms with E-state index in [9.17, 15) is 8.42 Å². The number of nitrogens with two attached hydrogens (primary N) is 1. The highest BCUT2D eigenvalue weighted by atomic mass is 32.2. The van der Waals surface area contributed by atoms with Gasteiger partial charge in [0.2, 0.25) is 5.03 Å². The maximum absolute atomic E-state index is 12.5. The molecule has 3 aromatic rings. The van der Waals surface area contributed by atoms with Crippen LogP contribution in [0.25, 0.3) is 4.96 Å². The summed E-state index contributed by atoms with van der Waals surface area (Å²) in [6, 6.07) is 7.13. The first-order valence-electron chi connectivity index (χ1n) is 5.89. The smallest absolute Gasteiger partial charge is 0.281 e. The van der Waals surface area contributed by atoms with Gasteiger partial charge in [-0.15, -0.1) is 23.1 Å². The Bertz CT molecular complexity index is 881. The van der Waals surface area contributed by atoms with Crippen molar-refractivity contribution in [3.63, 3.8) is 0 Å². The van der Waals surface area contributed by atoms with Crippen LogP contribution in [0.2, 0.25) is 0 Å². The van der Waals surface area contributed by atoms with Gasteiger partial charge in [-0.05, 0) is 30.5 Å². The van der Waals surface area contributed by atoms with Crippen LogP contribution in [0.3, 0.4) is 0 Å². The first kappa shape index (κ1) is 14.2. The molecular weight excluding hydrogens is 328 g/mol. The Kier molecular flexibility index (Phi) is 3.56. The van der Waals surface area contributed by atoms with Crippen molar-refractivity contribution in [3.8, 4) is 0 Å².